The molecule has 158 valence electrons. The van der Waals surface area contributed by atoms with Gasteiger partial charge in [-0.1, -0.05) is 12.1 Å². The highest BCUT2D eigenvalue weighted by Gasteiger charge is 2.30. The number of carbonyl (C=O) groups excluding carboxylic acids is 1. The monoisotopic (exact) mass is 415 g/mol. The molecule has 3 rings (SSSR count). The van der Waals surface area contributed by atoms with E-state index in [1.165, 1.54) is 30.6 Å². The summed E-state index contributed by atoms with van der Waals surface area (Å²) < 4.78 is 0. The number of nitro groups is 2. The van der Waals surface area contributed by atoms with Gasteiger partial charge >= 0.3 is 5.69 Å². The van der Waals surface area contributed by atoms with Gasteiger partial charge in [0.25, 0.3) is 5.69 Å². The Bertz CT molecular complexity index is 950. The standard InChI is InChI=1S/C18H21N7O5/c1-12-4-2-3-9-23(12)18-16(25(29)30)17(19-11-20-18)22-21-15(26)10-13-5-7-14(8-6-13)24(27)28/h5-8,11-12H,2-4,9-10H2,1H3,(H,21,26)(H,19,20,22). The highest BCUT2D eigenvalue weighted by atomic mass is 16.6. The number of hydrogen-bond acceptors (Lipinski definition) is 9. The van der Waals surface area contributed by atoms with E-state index in [9.17, 15) is 25.0 Å². The number of aromatic nitrogens is 2. The molecule has 1 amide bonds. The van der Waals surface area contributed by atoms with Gasteiger partial charge in [0.2, 0.25) is 17.5 Å². The summed E-state index contributed by atoms with van der Waals surface area (Å²) in [7, 11) is 0. The van der Waals surface area contributed by atoms with Crippen molar-refractivity contribution >= 4 is 28.9 Å². The first kappa shape index (κ1) is 20.9. The molecule has 2 heterocycles. The maximum Gasteiger partial charge on any atom is 0.355 e. The molecule has 1 atom stereocenters. The van der Waals surface area contributed by atoms with Crippen molar-refractivity contribution in [2.75, 3.05) is 16.9 Å². The van der Waals surface area contributed by atoms with Crippen molar-refractivity contribution in [3.63, 3.8) is 0 Å². The summed E-state index contributed by atoms with van der Waals surface area (Å²) in [4.78, 5) is 43.4. The fraction of sp³-hybridized carbons (Fsp3) is 0.389. The third-order valence-corrected chi connectivity index (χ3v) is 4.89. The molecule has 0 aliphatic carbocycles. The van der Waals surface area contributed by atoms with Crippen LogP contribution in [0.5, 0.6) is 0 Å². The van der Waals surface area contributed by atoms with Crippen LogP contribution in [0.4, 0.5) is 23.0 Å². The third-order valence-electron chi connectivity index (χ3n) is 4.89. The Morgan fingerprint density at radius 1 is 1.17 bits per heavy atom. The summed E-state index contributed by atoms with van der Waals surface area (Å²) in [6.07, 6.45) is 4.03. The molecule has 2 aromatic rings. The Morgan fingerprint density at radius 2 is 1.90 bits per heavy atom. The Hall–Kier alpha value is -3.83. The number of anilines is 2. The SMILES string of the molecule is CC1CCCCN1c1ncnc(NNC(=O)Cc2ccc([N+](=O)[O-])cc2)c1[N+](=O)[O-]. The maximum atomic E-state index is 12.2. The van der Waals surface area contributed by atoms with Crippen molar-refractivity contribution in [2.24, 2.45) is 0 Å². The Kier molecular flexibility index (Phi) is 6.35. The lowest BCUT2D eigenvalue weighted by molar-refractivity contribution is -0.384. The molecule has 12 heteroatoms. The Labute approximate surface area is 171 Å². The van der Waals surface area contributed by atoms with Crippen LogP contribution < -0.4 is 15.8 Å². The molecule has 12 nitrogen and oxygen atoms in total. The fourth-order valence-corrected chi connectivity index (χ4v) is 3.35. The second-order valence-corrected chi connectivity index (χ2v) is 6.96. The van der Waals surface area contributed by atoms with E-state index >= 15 is 0 Å². The summed E-state index contributed by atoms with van der Waals surface area (Å²) in [5.74, 6) is -0.376. The highest BCUT2D eigenvalue weighted by Crippen LogP contribution is 2.34. The highest BCUT2D eigenvalue weighted by molar-refractivity contribution is 5.81. The first-order valence-electron chi connectivity index (χ1n) is 9.41. The number of amides is 1. The summed E-state index contributed by atoms with van der Waals surface area (Å²) >= 11 is 0. The van der Waals surface area contributed by atoms with Crippen LogP contribution in [0.1, 0.15) is 31.7 Å². The van der Waals surface area contributed by atoms with Gasteiger partial charge in [-0.15, -0.1) is 0 Å². The summed E-state index contributed by atoms with van der Waals surface area (Å²) in [5, 5.41) is 22.4. The number of nitro benzene ring substituents is 1. The molecule has 1 aromatic heterocycles. The van der Waals surface area contributed by atoms with E-state index in [0.717, 1.165) is 19.3 Å². The predicted molar refractivity (Wildman–Crippen MR) is 108 cm³/mol. The zero-order valence-electron chi connectivity index (χ0n) is 16.3. The van der Waals surface area contributed by atoms with Crippen LogP contribution in [0.3, 0.4) is 0 Å². The van der Waals surface area contributed by atoms with Gasteiger partial charge in [-0.25, -0.2) is 9.97 Å². The lowest BCUT2D eigenvalue weighted by Gasteiger charge is -2.33. The van der Waals surface area contributed by atoms with E-state index in [0.29, 0.717) is 12.1 Å². The van der Waals surface area contributed by atoms with E-state index in [1.807, 2.05) is 11.8 Å². The average Bonchev–Trinajstić information content (AvgIpc) is 2.72. The molecule has 1 aliphatic heterocycles. The lowest BCUT2D eigenvalue weighted by Crippen LogP contribution is -2.39. The molecule has 0 saturated carbocycles. The van der Waals surface area contributed by atoms with Gasteiger partial charge in [-0.2, -0.15) is 0 Å². The molecule has 0 radical (unpaired) electrons. The summed E-state index contributed by atoms with van der Waals surface area (Å²) in [5.41, 5.74) is 5.07. The van der Waals surface area contributed by atoms with E-state index in [-0.39, 0.29) is 35.5 Å². The minimum Gasteiger partial charge on any atom is -0.348 e. The summed E-state index contributed by atoms with van der Waals surface area (Å²) in [6, 6.07) is 5.66. The number of carbonyl (C=O) groups is 1. The maximum absolute atomic E-state index is 12.2. The number of benzene rings is 1. The molecule has 30 heavy (non-hydrogen) atoms. The van der Waals surface area contributed by atoms with Crippen LogP contribution in [-0.4, -0.2) is 38.3 Å². The number of hydrogen-bond donors (Lipinski definition) is 2. The number of hydrazine groups is 1. The minimum atomic E-state index is -0.568. The largest absolute Gasteiger partial charge is 0.355 e. The molecule has 0 bridgehead atoms. The van der Waals surface area contributed by atoms with Gasteiger partial charge in [0.15, 0.2) is 0 Å². The van der Waals surface area contributed by atoms with Crippen molar-refractivity contribution < 1.29 is 14.6 Å². The number of piperidine rings is 1. The Balaban J connectivity index is 1.71. The number of non-ortho nitro benzene ring substituents is 1. The van der Waals surface area contributed by atoms with Crippen LogP contribution >= 0.6 is 0 Å². The molecule has 1 fully saturated rings. The van der Waals surface area contributed by atoms with E-state index in [2.05, 4.69) is 20.8 Å². The van der Waals surface area contributed by atoms with Crippen LogP contribution in [0.15, 0.2) is 30.6 Å². The third kappa shape index (κ3) is 4.77. The fourth-order valence-electron chi connectivity index (χ4n) is 3.35. The second-order valence-electron chi connectivity index (χ2n) is 6.96. The van der Waals surface area contributed by atoms with Gasteiger partial charge in [0.05, 0.1) is 16.3 Å². The van der Waals surface area contributed by atoms with Gasteiger partial charge < -0.3 is 4.90 Å². The molecule has 0 spiro atoms. The van der Waals surface area contributed by atoms with Crippen LogP contribution in [0.25, 0.3) is 0 Å². The molecule has 1 unspecified atom stereocenters. The van der Waals surface area contributed by atoms with Crippen LogP contribution in [0, 0.1) is 20.2 Å². The van der Waals surface area contributed by atoms with Crippen molar-refractivity contribution in [3.8, 4) is 0 Å². The van der Waals surface area contributed by atoms with Gasteiger partial charge in [0.1, 0.15) is 6.33 Å². The topological polar surface area (TPSA) is 156 Å². The van der Waals surface area contributed by atoms with Crippen molar-refractivity contribution in [1.82, 2.24) is 15.4 Å². The van der Waals surface area contributed by atoms with Gasteiger partial charge in [-0.05, 0) is 31.7 Å². The quantitative estimate of drug-likeness (QED) is 0.511. The molecular formula is C18H21N7O5. The Morgan fingerprint density at radius 3 is 2.53 bits per heavy atom. The molecule has 1 saturated heterocycles. The molecule has 1 aliphatic rings. The normalized spacial score (nSPS) is 16.0. The average molecular weight is 415 g/mol. The first-order valence-corrected chi connectivity index (χ1v) is 9.41. The number of rotatable bonds is 7. The van der Waals surface area contributed by atoms with Crippen molar-refractivity contribution in [2.45, 2.75) is 38.6 Å². The predicted octanol–water partition coefficient (Wildman–Crippen LogP) is 2.36. The zero-order chi connectivity index (χ0) is 21.7. The van der Waals surface area contributed by atoms with Crippen LogP contribution in [0.2, 0.25) is 0 Å². The first-order chi connectivity index (χ1) is 14.4. The van der Waals surface area contributed by atoms with Gasteiger partial charge in [-0.3, -0.25) is 35.9 Å². The molecule has 2 N–H and O–H groups in total. The minimum absolute atomic E-state index is 0.0696. The van der Waals surface area contributed by atoms with Crippen molar-refractivity contribution in [3.05, 3.63) is 56.4 Å². The van der Waals surface area contributed by atoms with E-state index < -0.39 is 15.8 Å². The molecule has 1 aromatic carbocycles. The van der Waals surface area contributed by atoms with Gasteiger partial charge in [0, 0.05) is 24.7 Å². The molecular weight excluding hydrogens is 394 g/mol. The smallest absolute Gasteiger partial charge is 0.348 e. The van der Waals surface area contributed by atoms with Crippen molar-refractivity contribution in [1.29, 1.82) is 0 Å². The van der Waals surface area contributed by atoms with E-state index in [1.54, 1.807) is 0 Å². The second kappa shape index (κ2) is 9.11. The number of nitrogens with one attached hydrogen (secondary N) is 2. The summed E-state index contributed by atoms with van der Waals surface area (Å²) in [6.45, 7) is 2.65. The lowest BCUT2D eigenvalue weighted by atomic mass is 10.0. The zero-order valence-corrected chi connectivity index (χ0v) is 16.3. The van der Waals surface area contributed by atoms with Crippen LogP contribution in [-0.2, 0) is 11.2 Å². The van der Waals surface area contributed by atoms with E-state index in [4.69, 9.17) is 0 Å². The number of nitrogens with zero attached hydrogens (tertiary/aromatic N) is 5.